The zero-order valence-electron chi connectivity index (χ0n) is 13.3. The number of pyridine rings is 1. The van der Waals surface area contributed by atoms with Crippen molar-refractivity contribution in [1.82, 2.24) is 10.1 Å². The van der Waals surface area contributed by atoms with Crippen molar-refractivity contribution in [3.05, 3.63) is 58.9 Å². The Morgan fingerprint density at radius 2 is 2.12 bits per heavy atom. The van der Waals surface area contributed by atoms with Crippen molar-refractivity contribution in [1.29, 1.82) is 0 Å². The second-order valence-electron chi connectivity index (χ2n) is 5.75. The maximum absolute atomic E-state index is 12.5. The van der Waals surface area contributed by atoms with Crippen LogP contribution in [0.25, 0.3) is 11.3 Å². The molecule has 1 amide bonds. The average Bonchev–Trinajstić information content (AvgIpc) is 3.01. The van der Waals surface area contributed by atoms with E-state index >= 15 is 0 Å². The molecule has 1 aliphatic heterocycles. The van der Waals surface area contributed by atoms with Crippen molar-refractivity contribution >= 4 is 11.7 Å². The first-order valence-electron chi connectivity index (χ1n) is 7.59. The maximum atomic E-state index is 12.5. The van der Waals surface area contributed by atoms with E-state index in [9.17, 15) is 4.79 Å². The molecule has 0 spiro atoms. The fourth-order valence-corrected chi connectivity index (χ4v) is 2.71. The summed E-state index contributed by atoms with van der Waals surface area (Å²) in [7, 11) is 0. The second kappa shape index (κ2) is 5.49. The third-order valence-electron chi connectivity index (χ3n) is 4.00. The summed E-state index contributed by atoms with van der Waals surface area (Å²) in [6.45, 7) is 4.12. The van der Waals surface area contributed by atoms with Crippen LogP contribution in [0.2, 0.25) is 0 Å². The molecule has 0 bridgehead atoms. The van der Waals surface area contributed by atoms with Crippen LogP contribution in [-0.4, -0.2) is 16.0 Å². The van der Waals surface area contributed by atoms with Gasteiger partial charge >= 0.3 is 0 Å². The molecular formula is C18H15N3O3. The first-order valence-corrected chi connectivity index (χ1v) is 7.59. The molecule has 3 heterocycles. The Balaban J connectivity index is 1.70. The standard InChI is InChI=1S/C18H15N3O3/c1-10-5-6-14-12(8-10)16-13(9-23-14)15(21-24-16)18(22)20-17-11(2)4-3-7-19-17/h3-8H,9H2,1-2H3,(H,19,20,22). The number of carbonyl (C=O) groups excluding carboxylic acids is 1. The van der Waals surface area contributed by atoms with Gasteiger partial charge in [0.05, 0.1) is 11.1 Å². The van der Waals surface area contributed by atoms with E-state index in [2.05, 4.69) is 15.5 Å². The largest absolute Gasteiger partial charge is 0.488 e. The fourth-order valence-electron chi connectivity index (χ4n) is 2.71. The van der Waals surface area contributed by atoms with E-state index in [0.717, 1.165) is 22.4 Å². The van der Waals surface area contributed by atoms with E-state index in [1.807, 2.05) is 44.2 Å². The molecule has 24 heavy (non-hydrogen) atoms. The van der Waals surface area contributed by atoms with Crippen molar-refractivity contribution in [2.45, 2.75) is 20.5 Å². The van der Waals surface area contributed by atoms with E-state index in [4.69, 9.17) is 9.26 Å². The number of benzene rings is 1. The Morgan fingerprint density at radius 1 is 1.25 bits per heavy atom. The average molecular weight is 321 g/mol. The topological polar surface area (TPSA) is 77.3 Å². The molecule has 0 radical (unpaired) electrons. The molecule has 120 valence electrons. The maximum Gasteiger partial charge on any atom is 0.279 e. The van der Waals surface area contributed by atoms with Crippen molar-refractivity contribution < 1.29 is 14.1 Å². The fraction of sp³-hybridized carbons (Fsp3) is 0.167. The number of fused-ring (bicyclic) bond motifs is 3. The molecular weight excluding hydrogens is 306 g/mol. The molecule has 1 aliphatic rings. The number of ether oxygens (including phenoxy) is 1. The summed E-state index contributed by atoms with van der Waals surface area (Å²) < 4.78 is 11.2. The molecule has 2 aromatic heterocycles. The molecule has 1 aromatic carbocycles. The van der Waals surface area contributed by atoms with Crippen molar-refractivity contribution in [3.63, 3.8) is 0 Å². The first-order chi connectivity index (χ1) is 11.6. The van der Waals surface area contributed by atoms with Crippen LogP contribution >= 0.6 is 0 Å². The third-order valence-corrected chi connectivity index (χ3v) is 4.00. The summed E-state index contributed by atoms with van der Waals surface area (Å²) in [6, 6.07) is 9.52. The van der Waals surface area contributed by atoms with Gasteiger partial charge in [-0.05, 0) is 37.6 Å². The van der Waals surface area contributed by atoms with E-state index < -0.39 is 0 Å². The first kappa shape index (κ1) is 14.4. The van der Waals surface area contributed by atoms with Crippen LogP contribution in [0.15, 0.2) is 41.1 Å². The van der Waals surface area contributed by atoms with Crippen LogP contribution in [0.5, 0.6) is 5.75 Å². The summed E-state index contributed by atoms with van der Waals surface area (Å²) in [4.78, 5) is 16.7. The number of rotatable bonds is 2. The van der Waals surface area contributed by atoms with E-state index in [1.165, 1.54) is 0 Å². The summed E-state index contributed by atoms with van der Waals surface area (Å²) in [6.07, 6.45) is 1.63. The Morgan fingerprint density at radius 3 is 2.96 bits per heavy atom. The highest BCUT2D eigenvalue weighted by Crippen LogP contribution is 2.39. The minimum atomic E-state index is -0.360. The molecule has 0 saturated carbocycles. The number of aryl methyl sites for hydroxylation is 2. The van der Waals surface area contributed by atoms with E-state index in [0.29, 0.717) is 17.1 Å². The zero-order chi connectivity index (χ0) is 16.7. The predicted octanol–water partition coefficient (Wildman–Crippen LogP) is 3.50. The number of hydrogen-bond donors (Lipinski definition) is 1. The van der Waals surface area contributed by atoms with Crippen LogP contribution in [0, 0.1) is 13.8 Å². The molecule has 0 saturated heterocycles. The monoisotopic (exact) mass is 321 g/mol. The Kier molecular flexibility index (Phi) is 3.30. The van der Waals surface area contributed by atoms with Crippen LogP contribution in [0.4, 0.5) is 5.82 Å². The van der Waals surface area contributed by atoms with Gasteiger partial charge in [-0.25, -0.2) is 4.98 Å². The van der Waals surface area contributed by atoms with Crippen LogP contribution < -0.4 is 10.1 Å². The Labute approximate surface area is 138 Å². The number of hydrogen-bond acceptors (Lipinski definition) is 5. The minimum Gasteiger partial charge on any atom is -0.488 e. The van der Waals surface area contributed by atoms with Crippen molar-refractivity contribution in [2.75, 3.05) is 5.32 Å². The minimum absolute atomic E-state index is 0.224. The van der Waals surface area contributed by atoms with Gasteiger partial charge in [0.25, 0.3) is 5.91 Å². The van der Waals surface area contributed by atoms with Gasteiger partial charge in [0.15, 0.2) is 11.5 Å². The van der Waals surface area contributed by atoms with Crippen LogP contribution in [0.3, 0.4) is 0 Å². The number of nitrogens with one attached hydrogen (secondary N) is 1. The number of nitrogens with zero attached hydrogens (tertiary/aromatic N) is 2. The molecule has 0 fully saturated rings. The highest BCUT2D eigenvalue weighted by Gasteiger charge is 2.29. The van der Waals surface area contributed by atoms with Gasteiger partial charge in [-0.2, -0.15) is 0 Å². The summed E-state index contributed by atoms with van der Waals surface area (Å²) in [5, 5.41) is 6.73. The molecule has 4 rings (SSSR count). The molecule has 6 heteroatoms. The lowest BCUT2D eigenvalue weighted by atomic mass is 10.0. The predicted molar refractivity (Wildman–Crippen MR) is 87.9 cm³/mol. The quantitative estimate of drug-likeness (QED) is 0.781. The lowest BCUT2D eigenvalue weighted by Gasteiger charge is -2.16. The van der Waals surface area contributed by atoms with E-state index in [-0.39, 0.29) is 18.2 Å². The SMILES string of the molecule is Cc1ccc2c(c1)-c1onc(C(=O)Nc3ncccc3C)c1CO2. The third kappa shape index (κ3) is 2.32. The smallest absolute Gasteiger partial charge is 0.279 e. The van der Waals surface area contributed by atoms with Gasteiger partial charge < -0.3 is 14.6 Å². The summed E-state index contributed by atoms with van der Waals surface area (Å²) in [5.41, 5.74) is 3.65. The number of anilines is 1. The van der Waals surface area contributed by atoms with Crippen molar-refractivity contribution in [2.24, 2.45) is 0 Å². The zero-order valence-corrected chi connectivity index (χ0v) is 13.3. The van der Waals surface area contributed by atoms with Crippen LogP contribution in [-0.2, 0) is 6.61 Å². The molecule has 6 nitrogen and oxygen atoms in total. The molecule has 3 aromatic rings. The molecule has 1 N–H and O–H groups in total. The number of aromatic nitrogens is 2. The molecule has 0 atom stereocenters. The molecule has 0 unspecified atom stereocenters. The lowest BCUT2D eigenvalue weighted by Crippen LogP contribution is -2.17. The Bertz CT molecular complexity index is 946. The van der Waals surface area contributed by atoms with Gasteiger partial charge in [0.1, 0.15) is 18.2 Å². The number of amides is 1. The second-order valence-corrected chi connectivity index (χ2v) is 5.75. The highest BCUT2D eigenvalue weighted by atomic mass is 16.5. The van der Waals surface area contributed by atoms with Gasteiger partial charge in [0, 0.05) is 6.20 Å². The highest BCUT2D eigenvalue weighted by molar-refractivity contribution is 6.04. The van der Waals surface area contributed by atoms with Gasteiger partial charge in [-0.3, -0.25) is 4.79 Å². The normalized spacial score (nSPS) is 12.1. The van der Waals surface area contributed by atoms with Gasteiger partial charge in [-0.15, -0.1) is 0 Å². The van der Waals surface area contributed by atoms with Gasteiger partial charge in [0.2, 0.25) is 0 Å². The lowest BCUT2D eigenvalue weighted by molar-refractivity contribution is 0.101. The number of carbonyl (C=O) groups is 1. The summed E-state index contributed by atoms with van der Waals surface area (Å²) >= 11 is 0. The Hall–Kier alpha value is -3.15. The van der Waals surface area contributed by atoms with Crippen LogP contribution in [0.1, 0.15) is 27.2 Å². The van der Waals surface area contributed by atoms with E-state index in [1.54, 1.807) is 6.20 Å². The van der Waals surface area contributed by atoms with Gasteiger partial charge in [-0.1, -0.05) is 22.9 Å². The van der Waals surface area contributed by atoms with Crippen molar-refractivity contribution in [3.8, 4) is 17.1 Å². The summed E-state index contributed by atoms with van der Waals surface area (Å²) in [5.74, 6) is 1.47. The molecule has 0 aliphatic carbocycles.